The van der Waals surface area contributed by atoms with Crippen LogP contribution in [0, 0.1) is 0 Å². The first kappa shape index (κ1) is 23.6. The summed E-state index contributed by atoms with van der Waals surface area (Å²) in [5.74, 6) is 0.797. The summed E-state index contributed by atoms with van der Waals surface area (Å²) in [4.78, 5) is 24.6. The minimum atomic E-state index is -3.68. The first-order valence-electron chi connectivity index (χ1n) is 11.3. The van der Waals surface area contributed by atoms with Crippen molar-refractivity contribution in [2.45, 2.75) is 6.92 Å². The Hall–Kier alpha value is -4.15. The molecule has 7 heteroatoms. The Morgan fingerprint density at radius 3 is 2.31 bits per heavy atom. The lowest BCUT2D eigenvalue weighted by atomic mass is 10.0. The lowest BCUT2D eigenvalue weighted by Crippen LogP contribution is -2.27. The van der Waals surface area contributed by atoms with E-state index in [1.807, 2.05) is 36.4 Å². The molecule has 4 aromatic rings. The van der Waals surface area contributed by atoms with Gasteiger partial charge in [-0.15, -0.1) is 0 Å². The molecular formula is C29H23O6P. The maximum absolute atomic E-state index is 14.7. The van der Waals surface area contributed by atoms with Crippen LogP contribution in [0.4, 0.5) is 0 Å². The van der Waals surface area contributed by atoms with Crippen molar-refractivity contribution in [2.24, 2.45) is 0 Å². The summed E-state index contributed by atoms with van der Waals surface area (Å²) in [5, 5.41) is 0.844. The van der Waals surface area contributed by atoms with E-state index in [1.54, 1.807) is 54.6 Å². The minimum Gasteiger partial charge on any atom is -0.497 e. The van der Waals surface area contributed by atoms with Gasteiger partial charge in [-0.2, -0.15) is 0 Å². The Morgan fingerprint density at radius 1 is 0.806 bits per heavy atom. The number of methoxy groups -OCH3 is 1. The molecule has 1 unspecified atom stereocenters. The third kappa shape index (κ3) is 4.21. The summed E-state index contributed by atoms with van der Waals surface area (Å²) in [6, 6.07) is 26.3. The van der Waals surface area contributed by atoms with Crippen molar-refractivity contribution in [1.29, 1.82) is 0 Å². The number of hydrogen-bond donors (Lipinski definition) is 0. The van der Waals surface area contributed by atoms with Gasteiger partial charge in [-0.1, -0.05) is 54.6 Å². The van der Waals surface area contributed by atoms with Crippen LogP contribution in [0.25, 0.3) is 11.1 Å². The quantitative estimate of drug-likeness (QED) is 0.249. The number of carbonyl (C=O) groups excluding carboxylic acids is 2. The van der Waals surface area contributed by atoms with Crippen molar-refractivity contribution in [3.05, 3.63) is 102 Å². The molecular weight excluding hydrogens is 475 g/mol. The van der Waals surface area contributed by atoms with Gasteiger partial charge in [0.25, 0.3) is 0 Å². The molecule has 6 nitrogen and oxygen atoms in total. The smallest absolute Gasteiger partial charge is 0.311 e. The van der Waals surface area contributed by atoms with Gasteiger partial charge >= 0.3 is 7.37 Å². The van der Waals surface area contributed by atoms with Crippen LogP contribution in [-0.2, 0) is 4.57 Å². The average molecular weight is 498 g/mol. The van der Waals surface area contributed by atoms with Crippen LogP contribution in [-0.4, -0.2) is 25.3 Å². The molecule has 180 valence electrons. The van der Waals surface area contributed by atoms with E-state index in [2.05, 4.69) is 0 Å². The van der Waals surface area contributed by atoms with E-state index < -0.39 is 7.37 Å². The first-order valence-corrected chi connectivity index (χ1v) is 13.0. The van der Waals surface area contributed by atoms with Crippen LogP contribution in [0.15, 0.2) is 91.0 Å². The minimum absolute atomic E-state index is 0.130. The molecule has 0 saturated heterocycles. The van der Waals surface area contributed by atoms with Crippen molar-refractivity contribution in [3.8, 4) is 28.4 Å². The molecule has 0 saturated carbocycles. The van der Waals surface area contributed by atoms with E-state index in [9.17, 15) is 14.2 Å². The monoisotopic (exact) mass is 498 g/mol. The van der Waals surface area contributed by atoms with Crippen LogP contribution in [0.5, 0.6) is 17.2 Å². The molecule has 0 bridgehead atoms. The van der Waals surface area contributed by atoms with Crippen molar-refractivity contribution < 1.29 is 28.2 Å². The number of ketones is 2. The fraction of sp³-hybridized carbons (Fsp3) is 0.103. The van der Waals surface area contributed by atoms with Gasteiger partial charge in [0.2, 0.25) is 0 Å². The van der Waals surface area contributed by atoms with Crippen LogP contribution in [0.1, 0.15) is 27.6 Å². The Labute approximate surface area is 208 Å². The summed E-state index contributed by atoms with van der Waals surface area (Å²) in [6.07, 6.45) is 0. The number of hydrogen-bond acceptors (Lipinski definition) is 6. The van der Waals surface area contributed by atoms with Gasteiger partial charge in [-0.05, 0) is 48.9 Å². The number of benzene rings is 4. The van der Waals surface area contributed by atoms with E-state index in [0.717, 1.165) is 11.1 Å². The third-order valence-electron chi connectivity index (χ3n) is 6.06. The van der Waals surface area contributed by atoms with E-state index in [-0.39, 0.29) is 23.9 Å². The van der Waals surface area contributed by atoms with E-state index in [4.69, 9.17) is 14.0 Å². The molecule has 1 atom stereocenters. The van der Waals surface area contributed by atoms with E-state index >= 15 is 0 Å². The molecule has 1 heterocycles. The van der Waals surface area contributed by atoms with Gasteiger partial charge in [0, 0.05) is 16.7 Å². The number of ether oxygens (including phenoxy) is 2. The van der Waals surface area contributed by atoms with Crippen LogP contribution >= 0.6 is 7.37 Å². The van der Waals surface area contributed by atoms with Gasteiger partial charge in [0.05, 0.1) is 17.7 Å². The summed E-state index contributed by atoms with van der Waals surface area (Å²) < 4.78 is 32.2. The molecule has 0 aliphatic carbocycles. The van der Waals surface area contributed by atoms with Gasteiger partial charge in [0.1, 0.15) is 17.2 Å². The highest BCUT2D eigenvalue weighted by molar-refractivity contribution is 7.75. The fourth-order valence-electron chi connectivity index (χ4n) is 4.21. The highest BCUT2D eigenvalue weighted by Gasteiger charge is 2.40. The normalized spacial score (nSPS) is 15.7. The maximum atomic E-state index is 14.7. The molecule has 1 aliphatic heterocycles. The lowest BCUT2D eigenvalue weighted by Gasteiger charge is -2.30. The van der Waals surface area contributed by atoms with Crippen LogP contribution in [0.2, 0.25) is 0 Å². The highest BCUT2D eigenvalue weighted by atomic mass is 31.2. The number of para-hydroxylation sites is 1. The molecule has 1 aliphatic rings. The van der Waals surface area contributed by atoms with Crippen LogP contribution in [0.3, 0.4) is 0 Å². The molecule has 0 spiro atoms. The molecule has 0 aromatic heterocycles. The molecule has 0 fully saturated rings. The predicted molar refractivity (Wildman–Crippen MR) is 139 cm³/mol. The third-order valence-corrected chi connectivity index (χ3v) is 8.52. The first-order chi connectivity index (χ1) is 17.4. The molecule has 4 aromatic carbocycles. The predicted octanol–water partition coefficient (Wildman–Crippen LogP) is 5.45. The zero-order valence-corrected chi connectivity index (χ0v) is 20.7. The molecule has 0 radical (unpaired) electrons. The zero-order valence-electron chi connectivity index (χ0n) is 19.8. The average Bonchev–Trinajstić information content (AvgIpc) is 2.92. The number of rotatable bonds is 7. The zero-order chi connectivity index (χ0) is 25.3. The van der Waals surface area contributed by atoms with Gasteiger partial charge in [0.15, 0.2) is 18.2 Å². The van der Waals surface area contributed by atoms with Gasteiger partial charge < -0.3 is 14.0 Å². The van der Waals surface area contributed by atoms with E-state index in [0.29, 0.717) is 33.2 Å². The highest BCUT2D eigenvalue weighted by Crippen LogP contribution is 2.55. The maximum Gasteiger partial charge on any atom is 0.311 e. The molecule has 36 heavy (non-hydrogen) atoms. The van der Waals surface area contributed by atoms with Crippen molar-refractivity contribution in [2.75, 3.05) is 13.7 Å². The molecule has 0 amide bonds. The molecule has 5 rings (SSSR count). The Morgan fingerprint density at radius 2 is 1.53 bits per heavy atom. The number of Topliss-reactive ketones (excluding diaryl/α,β-unsaturated/α-hetero) is 2. The SMILES string of the molecule is COc1ccc(OCC(=O)c2cccc(C(C)=O)c2)c(P2(=O)Oc3ccccc3-c3ccccc32)c1. The summed E-state index contributed by atoms with van der Waals surface area (Å²) in [7, 11) is -2.16. The van der Waals surface area contributed by atoms with Crippen molar-refractivity contribution >= 4 is 29.5 Å². The lowest BCUT2D eigenvalue weighted by molar-refractivity contribution is 0.0922. The largest absolute Gasteiger partial charge is 0.497 e. The van der Waals surface area contributed by atoms with E-state index in [1.165, 1.54) is 14.0 Å². The van der Waals surface area contributed by atoms with Gasteiger partial charge in [-0.25, -0.2) is 0 Å². The fourth-order valence-corrected chi connectivity index (χ4v) is 6.62. The summed E-state index contributed by atoms with van der Waals surface area (Å²) in [6.45, 7) is 1.14. The molecule has 0 N–H and O–H groups in total. The number of carbonyl (C=O) groups is 2. The summed E-state index contributed by atoms with van der Waals surface area (Å²) in [5.41, 5.74) is 2.47. The Kier molecular flexibility index (Phi) is 6.21. The van der Waals surface area contributed by atoms with Crippen molar-refractivity contribution in [1.82, 2.24) is 0 Å². The second-order valence-corrected chi connectivity index (χ2v) is 10.6. The second kappa shape index (κ2) is 9.48. The Balaban J connectivity index is 1.54. The second-order valence-electron chi connectivity index (χ2n) is 8.34. The summed E-state index contributed by atoms with van der Waals surface area (Å²) >= 11 is 0. The number of fused-ring (bicyclic) bond motifs is 3. The van der Waals surface area contributed by atoms with Crippen molar-refractivity contribution in [3.63, 3.8) is 0 Å². The van der Waals surface area contributed by atoms with Gasteiger partial charge in [-0.3, -0.25) is 14.2 Å². The topological polar surface area (TPSA) is 78.9 Å². The standard InChI is InChI=1S/C29H23O6P/c1-19(30)20-8-7-9-21(16-20)25(31)18-34-27-15-14-22(33-2)17-29(27)36(32)28-13-6-4-11-24(28)23-10-3-5-12-26(23)35-36/h3-17H,18H2,1-2H3. The van der Waals surface area contributed by atoms with Crippen LogP contribution < -0.4 is 24.6 Å². The Bertz CT molecular complexity index is 1540.